The minimum absolute atomic E-state index is 0.254. The first kappa shape index (κ1) is 11.7. The van der Waals surface area contributed by atoms with Gasteiger partial charge in [0.25, 0.3) is 5.56 Å². The summed E-state index contributed by atoms with van der Waals surface area (Å²) in [5, 5.41) is 8.96. The van der Waals surface area contributed by atoms with Crippen LogP contribution in [0.1, 0.15) is 12.6 Å². The predicted molar refractivity (Wildman–Crippen MR) is 56.0 cm³/mol. The predicted octanol–water partition coefficient (Wildman–Crippen LogP) is -0.488. The molecule has 17 heavy (non-hydrogen) atoms. The molecule has 1 aliphatic heterocycles. The normalized spacial score (nSPS) is 24.2. The number of aromatic nitrogens is 2. The number of aliphatic hydroxyl groups is 1. The van der Waals surface area contributed by atoms with Gasteiger partial charge in [-0.2, -0.15) is 4.39 Å². The summed E-state index contributed by atoms with van der Waals surface area (Å²) in [6, 6.07) is 0. The lowest BCUT2D eigenvalue weighted by Gasteiger charge is -2.13. The Morgan fingerprint density at radius 2 is 2.35 bits per heavy atom. The fraction of sp³-hybridized carbons (Fsp3) is 0.400. The van der Waals surface area contributed by atoms with E-state index < -0.39 is 29.4 Å². The third kappa shape index (κ3) is 2.06. The molecule has 0 aromatic carbocycles. The molecule has 92 valence electrons. The largest absolute Gasteiger partial charge is 0.393 e. The van der Waals surface area contributed by atoms with E-state index in [4.69, 9.17) is 9.84 Å². The first-order chi connectivity index (χ1) is 8.02. The minimum atomic E-state index is -1.07. The van der Waals surface area contributed by atoms with E-state index in [0.717, 1.165) is 10.8 Å². The quantitative estimate of drug-likeness (QED) is 0.685. The molecule has 2 rings (SSSR count). The van der Waals surface area contributed by atoms with Crippen LogP contribution in [0, 0.1) is 5.82 Å². The van der Waals surface area contributed by atoms with Crippen LogP contribution in [0.15, 0.2) is 27.9 Å². The van der Waals surface area contributed by atoms with Crippen LogP contribution in [0.25, 0.3) is 0 Å². The van der Waals surface area contributed by atoms with E-state index in [0.29, 0.717) is 5.57 Å². The van der Waals surface area contributed by atoms with Crippen molar-refractivity contribution in [1.29, 1.82) is 0 Å². The van der Waals surface area contributed by atoms with Crippen molar-refractivity contribution in [1.82, 2.24) is 9.55 Å². The topological polar surface area (TPSA) is 84.3 Å². The van der Waals surface area contributed by atoms with Crippen molar-refractivity contribution >= 4 is 0 Å². The molecule has 1 aromatic heterocycles. The molecule has 0 aliphatic carbocycles. The number of H-pyrrole nitrogens is 1. The molecule has 6 nitrogen and oxygen atoms in total. The van der Waals surface area contributed by atoms with Gasteiger partial charge < -0.3 is 9.84 Å². The Labute approximate surface area is 95.0 Å². The Morgan fingerprint density at radius 1 is 1.65 bits per heavy atom. The number of hydrogen-bond donors (Lipinski definition) is 2. The second-order valence-corrected chi connectivity index (χ2v) is 3.77. The van der Waals surface area contributed by atoms with Crippen LogP contribution >= 0.6 is 0 Å². The van der Waals surface area contributed by atoms with Gasteiger partial charge in [0.15, 0.2) is 0 Å². The fourth-order valence-corrected chi connectivity index (χ4v) is 1.70. The Bertz CT molecular complexity index is 562. The molecule has 2 heterocycles. The molecular weight excluding hydrogens is 231 g/mol. The minimum Gasteiger partial charge on any atom is -0.393 e. The third-order valence-corrected chi connectivity index (χ3v) is 2.61. The van der Waals surface area contributed by atoms with Crippen LogP contribution in [0.2, 0.25) is 0 Å². The molecule has 0 amide bonds. The van der Waals surface area contributed by atoms with Crippen molar-refractivity contribution in [3.63, 3.8) is 0 Å². The SMILES string of the molecule is C=C1C[C@@H](n2cc(F)c(=O)[nH]c2=O)O[C@H]1CO. The van der Waals surface area contributed by atoms with Crippen LogP contribution in [0.5, 0.6) is 0 Å². The van der Waals surface area contributed by atoms with Crippen molar-refractivity contribution in [2.75, 3.05) is 6.61 Å². The second kappa shape index (κ2) is 4.27. The summed E-state index contributed by atoms with van der Waals surface area (Å²) in [6.45, 7) is 3.43. The summed E-state index contributed by atoms with van der Waals surface area (Å²) < 4.78 is 19.3. The molecule has 0 spiro atoms. The lowest BCUT2D eigenvalue weighted by molar-refractivity contribution is -0.0193. The van der Waals surface area contributed by atoms with Gasteiger partial charge in [-0.25, -0.2) is 4.79 Å². The maximum absolute atomic E-state index is 13.1. The van der Waals surface area contributed by atoms with Crippen LogP contribution in [-0.2, 0) is 4.74 Å². The van der Waals surface area contributed by atoms with Crippen LogP contribution < -0.4 is 11.2 Å². The number of aliphatic hydroxyl groups excluding tert-OH is 1. The van der Waals surface area contributed by atoms with Crippen molar-refractivity contribution in [2.24, 2.45) is 0 Å². The number of halogens is 1. The van der Waals surface area contributed by atoms with Gasteiger partial charge in [0, 0.05) is 6.42 Å². The lowest BCUT2D eigenvalue weighted by Crippen LogP contribution is -2.34. The summed E-state index contributed by atoms with van der Waals surface area (Å²) in [5.74, 6) is -1.06. The van der Waals surface area contributed by atoms with Crippen LogP contribution in [0.4, 0.5) is 4.39 Å². The van der Waals surface area contributed by atoms with E-state index in [-0.39, 0.29) is 13.0 Å². The zero-order valence-electron chi connectivity index (χ0n) is 8.85. The summed E-state index contributed by atoms with van der Waals surface area (Å²) in [7, 11) is 0. The summed E-state index contributed by atoms with van der Waals surface area (Å²) in [5.41, 5.74) is -1.20. The van der Waals surface area contributed by atoms with Crippen molar-refractivity contribution in [3.8, 4) is 0 Å². The summed E-state index contributed by atoms with van der Waals surface area (Å²) in [4.78, 5) is 24.1. The summed E-state index contributed by atoms with van der Waals surface area (Å²) in [6.07, 6.45) is -0.240. The van der Waals surface area contributed by atoms with E-state index in [2.05, 4.69) is 6.58 Å². The molecule has 2 N–H and O–H groups in total. The Balaban J connectivity index is 2.37. The molecule has 1 fully saturated rings. The molecule has 0 unspecified atom stereocenters. The molecule has 1 aromatic rings. The number of nitrogens with zero attached hydrogens (tertiary/aromatic N) is 1. The standard InChI is InChI=1S/C10H11FN2O4/c1-5-2-8(17-7(5)4-14)13-3-6(11)9(15)12-10(13)16/h3,7-8,14H,1-2,4H2,(H,12,15,16)/t7-,8-/m0/s1. The van der Waals surface area contributed by atoms with Crippen molar-refractivity contribution < 1.29 is 14.2 Å². The van der Waals surface area contributed by atoms with Crippen LogP contribution in [-0.4, -0.2) is 27.4 Å². The number of ether oxygens (including phenoxy) is 1. The van der Waals surface area contributed by atoms with E-state index in [1.54, 1.807) is 0 Å². The fourth-order valence-electron chi connectivity index (χ4n) is 1.70. The van der Waals surface area contributed by atoms with Gasteiger partial charge in [-0.1, -0.05) is 6.58 Å². The number of hydrogen-bond acceptors (Lipinski definition) is 4. The van der Waals surface area contributed by atoms with Crippen molar-refractivity contribution in [3.05, 3.63) is 45.0 Å². The maximum Gasteiger partial charge on any atom is 0.330 e. The van der Waals surface area contributed by atoms with Gasteiger partial charge in [0.1, 0.15) is 12.3 Å². The maximum atomic E-state index is 13.1. The number of nitrogens with one attached hydrogen (secondary N) is 1. The van der Waals surface area contributed by atoms with Gasteiger partial charge in [-0.3, -0.25) is 14.3 Å². The smallest absolute Gasteiger partial charge is 0.330 e. The van der Waals surface area contributed by atoms with Crippen molar-refractivity contribution in [2.45, 2.75) is 18.8 Å². The van der Waals surface area contributed by atoms with E-state index in [1.165, 1.54) is 0 Å². The highest BCUT2D eigenvalue weighted by Gasteiger charge is 2.30. The molecule has 0 saturated carbocycles. The van der Waals surface area contributed by atoms with Gasteiger partial charge >= 0.3 is 5.69 Å². The monoisotopic (exact) mass is 242 g/mol. The lowest BCUT2D eigenvalue weighted by atomic mass is 10.1. The summed E-state index contributed by atoms with van der Waals surface area (Å²) >= 11 is 0. The molecule has 2 atom stereocenters. The third-order valence-electron chi connectivity index (χ3n) is 2.61. The average Bonchev–Trinajstić information content (AvgIpc) is 2.65. The Morgan fingerprint density at radius 3 is 2.94 bits per heavy atom. The first-order valence-electron chi connectivity index (χ1n) is 4.98. The Kier molecular flexibility index (Phi) is 2.95. The van der Waals surface area contributed by atoms with Gasteiger partial charge in [0.2, 0.25) is 5.82 Å². The second-order valence-electron chi connectivity index (χ2n) is 3.77. The van der Waals surface area contributed by atoms with Gasteiger partial charge in [-0.05, 0) is 5.57 Å². The van der Waals surface area contributed by atoms with E-state index >= 15 is 0 Å². The van der Waals surface area contributed by atoms with Gasteiger partial charge in [0.05, 0.1) is 12.8 Å². The zero-order valence-corrected chi connectivity index (χ0v) is 8.85. The van der Waals surface area contributed by atoms with Gasteiger partial charge in [-0.15, -0.1) is 0 Å². The Hall–Kier alpha value is -1.73. The number of aromatic amines is 1. The van der Waals surface area contributed by atoms with E-state index in [9.17, 15) is 14.0 Å². The molecule has 0 bridgehead atoms. The average molecular weight is 242 g/mol. The molecule has 0 radical (unpaired) electrons. The number of rotatable bonds is 2. The van der Waals surface area contributed by atoms with Crippen LogP contribution in [0.3, 0.4) is 0 Å². The zero-order chi connectivity index (χ0) is 12.6. The van der Waals surface area contributed by atoms with E-state index in [1.807, 2.05) is 4.98 Å². The molecule has 7 heteroatoms. The highest BCUT2D eigenvalue weighted by molar-refractivity contribution is 5.08. The molecule has 1 aliphatic rings. The first-order valence-corrected chi connectivity index (χ1v) is 4.98. The highest BCUT2D eigenvalue weighted by Crippen LogP contribution is 2.30. The molecular formula is C10H11FN2O4. The highest BCUT2D eigenvalue weighted by atomic mass is 19.1. The molecule has 1 saturated heterocycles.